The van der Waals surface area contributed by atoms with Gasteiger partial charge in [0.05, 0.1) is 6.61 Å². The average Bonchev–Trinajstić information content (AvgIpc) is 2.37. The van der Waals surface area contributed by atoms with Crippen LogP contribution in [-0.2, 0) is 9.53 Å². The molecule has 1 aliphatic heterocycles. The lowest BCUT2D eigenvalue weighted by Crippen LogP contribution is -2.35. The molecule has 0 bridgehead atoms. The van der Waals surface area contributed by atoms with Crippen LogP contribution in [0.2, 0.25) is 0 Å². The fourth-order valence-electron chi connectivity index (χ4n) is 2.21. The molecule has 1 rings (SSSR count). The summed E-state index contributed by atoms with van der Waals surface area (Å²) in [6, 6.07) is 0. The minimum absolute atomic E-state index is 0.270. The van der Waals surface area contributed by atoms with Gasteiger partial charge in [0.2, 0.25) is 5.91 Å². The number of hydrogen-bond acceptors (Lipinski definition) is 3. The Kier molecular flexibility index (Phi) is 6.98. The predicted octanol–water partition coefficient (Wildman–Crippen LogP) is 1.56. The molecular weight excluding hydrogens is 228 g/mol. The number of hydrogen-bond donors (Lipinski definition) is 1. The van der Waals surface area contributed by atoms with Gasteiger partial charge in [-0.15, -0.1) is 0 Å². The highest BCUT2D eigenvalue weighted by atomic mass is 16.5. The number of carbonyl (C=O) groups excluding carboxylic acids is 1. The quantitative estimate of drug-likeness (QED) is 0.701. The molecule has 4 heteroatoms. The van der Waals surface area contributed by atoms with Crippen LogP contribution < -0.4 is 5.73 Å². The monoisotopic (exact) mass is 254 g/mol. The summed E-state index contributed by atoms with van der Waals surface area (Å²) in [4.78, 5) is 13.9. The molecule has 1 aliphatic rings. The van der Waals surface area contributed by atoms with Crippen molar-refractivity contribution in [3.8, 4) is 0 Å². The topological polar surface area (TPSA) is 55.6 Å². The van der Waals surface area contributed by atoms with Crippen molar-refractivity contribution in [3.63, 3.8) is 0 Å². The summed E-state index contributed by atoms with van der Waals surface area (Å²) in [5.74, 6) is 0.815. The van der Waals surface area contributed by atoms with Crippen molar-refractivity contribution in [2.45, 2.75) is 32.6 Å². The van der Waals surface area contributed by atoms with Crippen molar-refractivity contribution in [2.75, 3.05) is 33.4 Å². The molecule has 1 atom stereocenters. The minimum atomic E-state index is 0.270. The summed E-state index contributed by atoms with van der Waals surface area (Å²) in [7, 11) is 1.71. The van der Waals surface area contributed by atoms with Gasteiger partial charge >= 0.3 is 0 Å². The summed E-state index contributed by atoms with van der Waals surface area (Å²) in [5.41, 5.74) is 6.81. The maximum Gasteiger partial charge on any atom is 0.222 e. The number of ether oxygens (including phenoxy) is 1. The maximum atomic E-state index is 12.0. The van der Waals surface area contributed by atoms with E-state index in [4.69, 9.17) is 10.5 Å². The van der Waals surface area contributed by atoms with Gasteiger partial charge in [0.15, 0.2) is 0 Å². The summed E-state index contributed by atoms with van der Waals surface area (Å²) >= 11 is 0. The molecule has 2 N–H and O–H groups in total. The molecule has 0 aliphatic carbocycles. The van der Waals surface area contributed by atoms with E-state index in [1.54, 1.807) is 7.11 Å². The Morgan fingerprint density at radius 1 is 1.56 bits per heavy atom. The molecule has 0 aromatic heterocycles. The Morgan fingerprint density at radius 3 is 2.89 bits per heavy atom. The maximum absolute atomic E-state index is 12.0. The van der Waals surface area contributed by atoms with Crippen LogP contribution in [0.1, 0.15) is 32.6 Å². The van der Waals surface area contributed by atoms with Gasteiger partial charge in [0.1, 0.15) is 0 Å². The zero-order valence-corrected chi connectivity index (χ0v) is 11.7. The van der Waals surface area contributed by atoms with Crippen molar-refractivity contribution in [1.29, 1.82) is 0 Å². The van der Waals surface area contributed by atoms with Gasteiger partial charge in [-0.05, 0) is 37.3 Å². The van der Waals surface area contributed by atoms with Crippen LogP contribution >= 0.6 is 0 Å². The lowest BCUT2D eigenvalue weighted by atomic mass is 10.0. The molecule has 0 spiro atoms. The molecule has 4 nitrogen and oxygen atoms in total. The van der Waals surface area contributed by atoms with Gasteiger partial charge in [-0.2, -0.15) is 0 Å². The number of methoxy groups -OCH3 is 1. The summed E-state index contributed by atoms with van der Waals surface area (Å²) < 4.78 is 5.10. The van der Waals surface area contributed by atoms with Crippen LogP contribution in [0.5, 0.6) is 0 Å². The molecule has 0 aromatic rings. The Bertz CT molecular complexity index is 290. The largest absolute Gasteiger partial charge is 0.380 e. The molecule has 1 heterocycles. The van der Waals surface area contributed by atoms with Gasteiger partial charge < -0.3 is 15.4 Å². The van der Waals surface area contributed by atoms with Crippen LogP contribution in [-0.4, -0.2) is 44.2 Å². The van der Waals surface area contributed by atoms with E-state index in [9.17, 15) is 4.79 Å². The van der Waals surface area contributed by atoms with Crippen molar-refractivity contribution in [1.82, 2.24) is 4.90 Å². The first-order chi connectivity index (χ1) is 8.67. The van der Waals surface area contributed by atoms with E-state index in [0.717, 1.165) is 32.4 Å². The first kappa shape index (κ1) is 15.2. The fraction of sp³-hybridized carbons (Fsp3) is 0.786. The standard InChI is InChI=1S/C14H26N2O2/c1-12(5-8-15)3-4-14(17)16-9-6-13(7-10-16)11-18-2/h6,12H,3-5,7-11,15H2,1-2H3. The van der Waals surface area contributed by atoms with E-state index in [-0.39, 0.29) is 5.91 Å². The number of nitrogens with two attached hydrogens (primary N) is 1. The Labute approximate surface area is 110 Å². The molecule has 0 saturated carbocycles. The van der Waals surface area contributed by atoms with Crippen LogP contribution in [0.25, 0.3) is 0 Å². The van der Waals surface area contributed by atoms with Crippen LogP contribution in [0.3, 0.4) is 0 Å². The van der Waals surface area contributed by atoms with Gasteiger partial charge in [-0.3, -0.25) is 4.79 Å². The van der Waals surface area contributed by atoms with Crippen molar-refractivity contribution in [2.24, 2.45) is 11.7 Å². The van der Waals surface area contributed by atoms with Crippen LogP contribution in [0, 0.1) is 5.92 Å². The second-order valence-electron chi connectivity index (χ2n) is 5.11. The first-order valence-corrected chi connectivity index (χ1v) is 6.82. The molecule has 0 fully saturated rings. The number of rotatable bonds is 7. The van der Waals surface area contributed by atoms with E-state index >= 15 is 0 Å². The van der Waals surface area contributed by atoms with Gasteiger partial charge in [-0.1, -0.05) is 13.0 Å². The molecular formula is C14H26N2O2. The smallest absolute Gasteiger partial charge is 0.222 e. The van der Waals surface area contributed by atoms with Crippen molar-refractivity contribution < 1.29 is 9.53 Å². The van der Waals surface area contributed by atoms with E-state index in [1.165, 1.54) is 5.57 Å². The Hall–Kier alpha value is -0.870. The minimum Gasteiger partial charge on any atom is -0.380 e. The highest BCUT2D eigenvalue weighted by Crippen LogP contribution is 2.15. The second kappa shape index (κ2) is 8.27. The molecule has 18 heavy (non-hydrogen) atoms. The fourth-order valence-corrected chi connectivity index (χ4v) is 2.21. The zero-order chi connectivity index (χ0) is 13.4. The third-order valence-electron chi connectivity index (χ3n) is 3.50. The lowest BCUT2D eigenvalue weighted by Gasteiger charge is -2.26. The normalized spacial score (nSPS) is 17.5. The third-order valence-corrected chi connectivity index (χ3v) is 3.50. The van der Waals surface area contributed by atoms with Crippen molar-refractivity contribution >= 4 is 5.91 Å². The summed E-state index contributed by atoms with van der Waals surface area (Å²) in [6.07, 6.45) is 5.66. The lowest BCUT2D eigenvalue weighted by molar-refractivity contribution is -0.131. The highest BCUT2D eigenvalue weighted by Gasteiger charge is 2.17. The molecule has 0 radical (unpaired) electrons. The van der Waals surface area contributed by atoms with E-state index in [2.05, 4.69) is 13.0 Å². The van der Waals surface area contributed by atoms with Crippen LogP contribution in [0.4, 0.5) is 0 Å². The third kappa shape index (κ3) is 5.19. The highest BCUT2D eigenvalue weighted by molar-refractivity contribution is 5.76. The molecule has 1 amide bonds. The molecule has 104 valence electrons. The van der Waals surface area contributed by atoms with Crippen molar-refractivity contribution in [3.05, 3.63) is 11.6 Å². The molecule has 0 saturated heterocycles. The van der Waals surface area contributed by atoms with E-state index in [1.807, 2.05) is 4.90 Å². The van der Waals surface area contributed by atoms with Crippen LogP contribution in [0.15, 0.2) is 11.6 Å². The molecule has 0 aromatic carbocycles. The number of nitrogens with zero attached hydrogens (tertiary/aromatic N) is 1. The predicted molar refractivity (Wildman–Crippen MR) is 73.2 cm³/mol. The number of amides is 1. The second-order valence-corrected chi connectivity index (χ2v) is 5.11. The summed E-state index contributed by atoms with van der Waals surface area (Å²) in [6.45, 7) is 5.13. The SMILES string of the molecule is COCC1=CCN(C(=O)CCC(C)CCN)CC1. The first-order valence-electron chi connectivity index (χ1n) is 6.82. The Balaban J connectivity index is 2.27. The van der Waals surface area contributed by atoms with E-state index < -0.39 is 0 Å². The molecule has 1 unspecified atom stereocenters. The van der Waals surface area contributed by atoms with Gasteiger partial charge in [-0.25, -0.2) is 0 Å². The average molecular weight is 254 g/mol. The van der Waals surface area contributed by atoms with E-state index in [0.29, 0.717) is 25.5 Å². The van der Waals surface area contributed by atoms with Gasteiger partial charge in [0.25, 0.3) is 0 Å². The van der Waals surface area contributed by atoms with Gasteiger partial charge in [0, 0.05) is 26.6 Å². The number of carbonyl (C=O) groups is 1. The zero-order valence-electron chi connectivity index (χ0n) is 11.7. The Morgan fingerprint density at radius 2 is 2.33 bits per heavy atom. The summed E-state index contributed by atoms with van der Waals surface area (Å²) in [5, 5.41) is 0.